The van der Waals surface area contributed by atoms with Gasteiger partial charge in [0.2, 0.25) is 5.16 Å². The Morgan fingerprint density at radius 3 is 2.70 bits per heavy atom. The highest BCUT2D eigenvalue weighted by Crippen LogP contribution is 2.21. The van der Waals surface area contributed by atoms with Crippen LogP contribution in [-0.2, 0) is 12.8 Å². The van der Waals surface area contributed by atoms with Crippen LogP contribution in [0, 0.1) is 13.8 Å². The van der Waals surface area contributed by atoms with Crippen molar-refractivity contribution in [2.75, 3.05) is 5.84 Å². The number of thioether (sulfide) groups is 1. The van der Waals surface area contributed by atoms with Gasteiger partial charge in [-0.1, -0.05) is 23.9 Å². The van der Waals surface area contributed by atoms with Gasteiger partial charge in [-0.25, -0.2) is 14.3 Å². The minimum absolute atomic E-state index is 0.0752. The van der Waals surface area contributed by atoms with E-state index < -0.39 is 0 Å². The van der Waals surface area contributed by atoms with Crippen LogP contribution in [0.15, 0.2) is 40.3 Å². The SMILES string of the molecule is Cc1cc(C)n(-c2nnc(SCc3nc4ccccc4c(=O)n3C)n2N)n1. The molecular weight excluding hydrogens is 364 g/mol. The minimum Gasteiger partial charge on any atom is -0.334 e. The monoisotopic (exact) mass is 382 g/mol. The van der Waals surface area contributed by atoms with E-state index in [0.29, 0.717) is 33.6 Å². The Kier molecular flexibility index (Phi) is 4.19. The summed E-state index contributed by atoms with van der Waals surface area (Å²) in [5.74, 6) is 7.66. The number of aromatic nitrogens is 7. The van der Waals surface area contributed by atoms with E-state index in [4.69, 9.17) is 5.84 Å². The Morgan fingerprint density at radius 1 is 1.19 bits per heavy atom. The fraction of sp³-hybridized carbons (Fsp3) is 0.235. The van der Waals surface area contributed by atoms with Crippen molar-refractivity contribution in [3.05, 3.63) is 57.9 Å². The standard InChI is InChI=1S/C17H18N8OS/c1-10-8-11(2)25(22-10)16-20-21-17(24(16)18)27-9-14-19-13-7-5-4-6-12(13)15(26)23(14)3/h4-8H,9,18H2,1-3H3. The zero-order valence-electron chi connectivity index (χ0n) is 15.1. The van der Waals surface area contributed by atoms with Crippen LogP contribution >= 0.6 is 11.8 Å². The molecule has 138 valence electrons. The second kappa shape index (κ2) is 6.54. The summed E-state index contributed by atoms with van der Waals surface area (Å²) in [5, 5.41) is 13.8. The van der Waals surface area contributed by atoms with Gasteiger partial charge in [0.15, 0.2) is 0 Å². The molecule has 0 aliphatic carbocycles. The van der Waals surface area contributed by atoms with Gasteiger partial charge < -0.3 is 5.84 Å². The van der Waals surface area contributed by atoms with Gasteiger partial charge in [-0.3, -0.25) is 9.36 Å². The molecule has 1 aromatic carbocycles. The van der Waals surface area contributed by atoms with Crippen LogP contribution in [0.4, 0.5) is 0 Å². The van der Waals surface area contributed by atoms with Crippen LogP contribution < -0.4 is 11.4 Å². The zero-order chi connectivity index (χ0) is 19.1. The number of nitrogen functional groups attached to an aromatic ring is 1. The second-order valence-electron chi connectivity index (χ2n) is 6.19. The first kappa shape index (κ1) is 17.3. The number of fused-ring (bicyclic) bond motifs is 1. The molecule has 0 fully saturated rings. The summed E-state index contributed by atoms with van der Waals surface area (Å²) in [6, 6.07) is 9.24. The van der Waals surface area contributed by atoms with Crippen molar-refractivity contribution in [2.45, 2.75) is 24.8 Å². The van der Waals surface area contributed by atoms with Gasteiger partial charge in [-0.2, -0.15) is 5.10 Å². The summed E-state index contributed by atoms with van der Waals surface area (Å²) in [6.45, 7) is 3.83. The molecular formula is C17H18N8OS. The first-order valence-corrected chi connectivity index (χ1v) is 9.26. The molecule has 0 aliphatic heterocycles. The molecule has 0 spiro atoms. The molecule has 9 nitrogen and oxygen atoms in total. The van der Waals surface area contributed by atoms with E-state index in [1.54, 1.807) is 22.4 Å². The summed E-state index contributed by atoms with van der Waals surface area (Å²) in [5.41, 5.74) is 2.39. The third-order valence-electron chi connectivity index (χ3n) is 4.25. The first-order chi connectivity index (χ1) is 13.0. The lowest BCUT2D eigenvalue weighted by molar-refractivity contribution is 0.726. The minimum atomic E-state index is -0.0752. The molecule has 10 heteroatoms. The molecule has 27 heavy (non-hydrogen) atoms. The van der Waals surface area contributed by atoms with Gasteiger partial charge in [-0.15, -0.1) is 10.2 Å². The Balaban J connectivity index is 1.63. The van der Waals surface area contributed by atoms with E-state index >= 15 is 0 Å². The van der Waals surface area contributed by atoms with Crippen LogP contribution in [0.2, 0.25) is 0 Å². The van der Waals surface area contributed by atoms with E-state index in [1.165, 1.54) is 16.4 Å². The summed E-state index contributed by atoms with van der Waals surface area (Å²) in [7, 11) is 1.71. The molecule has 3 aromatic heterocycles. The van der Waals surface area contributed by atoms with Gasteiger partial charge in [-0.05, 0) is 32.0 Å². The van der Waals surface area contributed by atoms with Crippen LogP contribution in [0.3, 0.4) is 0 Å². The van der Waals surface area contributed by atoms with E-state index in [0.717, 1.165) is 11.4 Å². The highest BCUT2D eigenvalue weighted by Gasteiger charge is 2.16. The van der Waals surface area contributed by atoms with Gasteiger partial charge in [0.1, 0.15) is 5.82 Å². The number of nitrogens with zero attached hydrogens (tertiary/aromatic N) is 7. The topological polar surface area (TPSA) is 109 Å². The Morgan fingerprint density at radius 2 is 1.96 bits per heavy atom. The highest BCUT2D eigenvalue weighted by atomic mass is 32.2. The van der Waals surface area contributed by atoms with Crippen LogP contribution in [-0.4, -0.2) is 34.2 Å². The molecule has 0 aliphatic rings. The van der Waals surface area contributed by atoms with Gasteiger partial charge >= 0.3 is 0 Å². The van der Waals surface area contributed by atoms with E-state index in [1.807, 2.05) is 38.1 Å². The van der Waals surface area contributed by atoms with Crippen molar-refractivity contribution >= 4 is 22.7 Å². The number of hydrogen-bond acceptors (Lipinski definition) is 7. The zero-order valence-corrected chi connectivity index (χ0v) is 15.9. The lowest BCUT2D eigenvalue weighted by Crippen LogP contribution is -2.22. The van der Waals surface area contributed by atoms with Crippen molar-refractivity contribution in [3.63, 3.8) is 0 Å². The second-order valence-corrected chi connectivity index (χ2v) is 7.13. The molecule has 0 unspecified atom stereocenters. The number of aryl methyl sites for hydroxylation is 2. The third-order valence-corrected chi connectivity index (χ3v) is 5.19. The summed E-state index contributed by atoms with van der Waals surface area (Å²) in [4.78, 5) is 17.1. The molecule has 0 atom stereocenters. The molecule has 0 amide bonds. The van der Waals surface area contributed by atoms with E-state index in [2.05, 4.69) is 20.3 Å². The normalized spacial score (nSPS) is 11.4. The molecule has 0 radical (unpaired) electrons. The maximum atomic E-state index is 12.5. The lowest BCUT2D eigenvalue weighted by atomic mass is 10.2. The smallest absolute Gasteiger partial charge is 0.271 e. The molecule has 0 bridgehead atoms. The number of benzene rings is 1. The predicted octanol–water partition coefficient (Wildman–Crippen LogP) is 1.33. The third kappa shape index (κ3) is 2.97. The Labute approximate surface area is 158 Å². The maximum absolute atomic E-state index is 12.5. The summed E-state index contributed by atoms with van der Waals surface area (Å²) >= 11 is 1.36. The van der Waals surface area contributed by atoms with Crippen molar-refractivity contribution in [1.29, 1.82) is 0 Å². The number of para-hydroxylation sites is 1. The predicted molar refractivity (Wildman–Crippen MR) is 103 cm³/mol. The van der Waals surface area contributed by atoms with Crippen LogP contribution in [0.25, 0.3) is 16.9 Å². The number of hydrogen-bond donors (Lipinski definition) is 1. The first-order valence-electron chi connectivity index (χ1n) is 8.27. The number of rotatable bonds is 4. The largest absolute Gasteiger partial charge is 0.334 e. The highest BCUT2D eigenvalue weighted by molar-refractivity contribution is 7.98. The van der Waals surface area contributed by atoms with Crippen molar-refractivity contribution in [2.24, 2.45) is 7.05 Å². The molecule has 3 heterocycles. The van der Waals surface area contributed by atoms with Crippen molar-refractivity contribution in [1.82, 2.24) is 34.2 Å². The number of nitrogens with two attached hydrogens (primary N) is 1. The Hall–Kier alpha value is -3.14. The van der Waals surface area contributed by atoms with Gasteiger partial charge in [0.05, 0.1) is 22.3 Å². The van der Waals surface area contributed by atoms with Crippen LogP contribution in [0.5, 0.6) is 0 Å². The van der Waals surface area contributed by atoms with Gasteiger partial charge in [0.25, 0.3) is 11.5 Å². The Bertz CT molecular complexity index is 1210. The molecule has 4 aromatic rings. The van der Waals surface area contributed by atoms with Crippen molar-refractivity contribution < 1.29 is 0 Å². The maximum Gasteiger partial charge on any atom is 0.271 e. The lowest BCUT2D eigenvalue weighted by Gasteiger charge is -2.09. The fourth-order valence-electron chi connectivity index (χ4n) is 2.87. The summed E-state index contributed by atoms with van der Waals surface area (Å²) < 4.78 is 4.59. The van der Waals surface area contributed by atoms with E-state index in [9.17, 15) is 4.79 Å². The summed E-state index contributed by atoms with van der Waals surface area (Å²) in [6.07, 6.45) is 0. The van der Waals surface area contributed by atoms with E-state index in [-0.39, 0.29) is 5.56 Å². The molecule has 4 rings (SSSR count). The average Bonchev–Trinajstić information content (AvgIpc) is 3.18. The average molecular weight is 382 g/mol. The molecule has 2 N–H and O–H groups in total. The van der Waals surface area contributed by atoms with Crippen molar-refractivity contribution in [3.8, 4) is 5.95 Å². The molecule has 0 saturated heterocycles. The van der Waals surface area contributed by atoms with Gasteiger partial charge in [0, 0.05) is 12.7 Å². The quantitative estimate of drug-likeness (QED) is 0.419. The molecule has 0 saturated carbocycles. The fourth-order valence-corrected chi connectivity index (χ4v) is 3.70. The van der Waals surface area contributed by atoms with Crippen LogP contribution in [0.1, 0.15) is 17.2 Å².